The molecule has 0 bridgehead atoms. The van der Waals surface area contributed by atoms with Gasteiger partial charge in [-0.2, -0.15) is 0 Å². The Morgan fingerprint density at radius 2 is 2.22 bits per heavy atom. The summed E-state index contributed by atoms with van der Waals surface area (Å²) in [5.41, 5.74) is -0.631. The van der Waals surface area contributed by atoms with Crippen molar-refractivity contribution in [3.8, 4) is 0 Å². The van der Waals surface area contributed by atoms with Gasteiger partial charge in [-0.25, -0.2) is 4.98 Å². The summed E-state index contributed by atoms with van der Waals surface area (Å²) in [5.74, 6) is 0.218. The van der Waals surface area contributed by atoms with Crippen LogP contribution in [0.5, 0.6) is 0 Å². The first-order valence-corrected chi connectivity index (χ1v) is 7.95. The Morgan fingerprint density at radius 1 is 1.43 bits per heavy atom. The third kappa shape index (κ3) is 2.68. The van der Waals surface area contributed by atoms with Crippen molar-refractivity contribution >= 4 is 5.91 Å². The first kappa shape index (κ1) is 16.1. The molecule has 7 nitrogen and oxygen atoms in total. The lowest BCUT2D eigenvalue weighted by molar-refractivity contribution is -0.0893. The Hall–Kier alpha value is -1.73. The Morgan fingerprint density at radius 3 is 2.87 bits per heavy atom. The molecule has 3 rings (SSSR count). The Balaban J connectivity index is 1.90. The van der Waals surface area contributed by atoms with Crippen molar-refractivity contribution in [3.63, 3.8) is 0 Å². The van der Waals surface area contributed by atoms with Crippen molar-refractivity contribution < 1.29 is 14.3 Å². The fourth-order valence-corrected chi connectivity index (χ4v) is 3.91. The van der Waals surface area contributed by atoms with E-state index in [2.05, 4.69) is 9.97 Å². The summed E-state index contributed by atoms with van der Waals surface area (Å²) in [5, 5.41) is 0. The summed E-state index contributed by atoms with van der Waals surface area (Å²) >= 11 is 0. The van der Waals surface area contributed by atoms with E-state index in [1.165, 1.54) is 6.20 Å². The highest BCUT2D eigenvalue weighted by atomic mass is 16.5. The second-order valence-corrected chi connectivity index (χ2v) is 6.38. The van der Waals surface area contributed by atoms with Crippen LogP contribution in [0.4, 0.5) is 0 Å². The van der Waals surface area contributed by atoms with Crippen LogP contribution in [0.1, 0.15) is 41.9 Å². The molecule has 1 N–H and O–H groups in total. The quantitative estimate of drug-likeness (QED) is 0.893. The molecule has 1 aliphatic carbocycles. The maximum atomic E-state index is 12.9. The number of fused-ring (bicyclic) bond motifs is 1. The molecule has 2 fully saturated rings. The van der Waals surface area contributed by atoms with Crippen LogP contribution < -0.4 is 5.56 Å². The molecule has 1 aromatic heterocycles. The average molecular weight is 321 g/mol. The summed E-state index contributed by atoms with van der Waals surface area (Å²) in [6.45, 7) is 2.27. The molecule has 0 radical (unpaired) electrons. The second-order valence-electron chi connectivity index (χ2n) is 6.38. The number of ether oxygens (including phenoxy) is 2. The highest BCUT2D eigenvalue weighted by molar-refractivity contribution is 5.94. The number of hydrogen-bond acceptors (Lipinski definition) is 5. The number of nitrogens with one attached hydrogen (secondary N) is 1. The maximum Gasteiger partial charge on any atom is 0.263 e. The number of carbonyl (C=O) groups excluding carboxylic acids is 1. The van der Waals surface area contributed by atoms with Crippen LogP contribution in [0.2, 0.25) is 0 Å². The van der Waals surface area contributed by atoms with Crippen molar-refractivity contribution in [3.05, 3.63) is 27.9 Å². The predicted octanol–water partition coefficient (Wildman–Crippen LogP) is 0.877. The molecule has 0 unspecified atom stereocenters. The van der Waals surface area contributed by atoms with Gasteiger partial charge in [-0.15, -0.1) is 0 Å². The minimum atomic E-state index is -0.392. The largest absolute Gasteiger partial charge is 0.381 e. The molecule has 1 saturated heterocycles. The zero-order valence-corrected chi connectivity index (χ0v) is 13.8. The SMILES string of the molecule is CO[C@@H]1CC[C@@]2(OC)CCN(C(=O)c3cnc(C)[nH]c3=O)[C@H]2C1. The molecule has 1 saturated carbocycles. The highest BCUT2D eigenvalue weighted by Crippen LogP contribution is 2.43. The van der Waals surface area contributed by atoms with Crippen molar-refractivity contribution in [1.82, 2.24) is 14.9 Å². The number of nitrogens with zero attached hydrogens (tertiary/aromatic N) is 2. The van der Waals surface area contributed by atoms with Crippen LogP contribution in [0.25, 0.3) is 0 Å². The van der Waals surface area contributed by atoms with E-state index < -0.39 is 5.56 Å². The summed E-state index contributed by atoms with van der Waals surface area (Å²) in [6, 6.07) is -0.0700. The van der Waals surface area contributed by atoms with Crippen LogP contribution in [0.15, 0.2) is 11.0 Å². The number of hydrogen-bond donors (Lipinski definition) is 1. The van der Waals surface area contributed by atoms with Crippen LogP contribution in [0, 0.1) is 6.92 Å². The molecule has 23 heavy (non-hydrogen) atoms. The second kappa shape index (κ2) is 6.05. The van der Waals surface area contributed by atoms with Gasteiger partial charge in [0.1, 0.15) is 11.4 Å². The van der Waals surface area contributed by atoms with E-state index in [0.717, 1.165) is 25.7 Å². The van der Waals surface area contributed by atoms with E-state index in [1.807, 2.05) is 0 Å². The normalized spacial score (nSPS) is 30.3. The number of H-pyrrole nitrogens is 1. The van der Waals surface area contributed by atoms with Gasteiger partial charge in [0.2, 0.25) is 0 Å². The zero-order chi connectivity index (χ0) is 16.6. The number of aromatic amines is 1. The number of carbonyl (C=O) groups is 1. The van der Waals surface area contributed by atoms with Gasteiger partial charge >= 0.3 is 0 Å². The molecular formula is C16H23N3O4. The van der Waals surface area contributed by atoms with E-state index in [-0.39, 0.29) is 29.2 Å². The maximum absolute atomic E-state index is 12.9. The summed E-state index contributed by atoms with van der Waals surface area (Å²) < 4.78 is 11.3. The van der Waals surface area contributed by atoms with Crippen LogP contribution in [-0.4, -0.2) is 59.3 Å². The third-order valence-electron chi connectivity index (χ3n) is 5.29. The molecule has 1 aliphatic heterocycles. The Kier molecular flexibility index (Phi) is 4.25. The summed E-state index contributed by atoms with van der Waals surface area (Å²) in [7, 11) is 3.40. The first-order valence-electron chi connectivity index (χ1n) is 7.95. The minimum absolute atomic E-state index is 0.0700. The minimum Gasteiger partial charge on any atom is -0.381 e. The van der Waals surface area contributed by atoms with Crippen LogP contribution >= 0.6 is 0 Å². The Bertz CT molecular complexity index is 659. The molecule has 0 aromatic carbocycles. The van der Waals surface area contributed by atoms with E-state index in [1.54, 1.807) is 26.0 Å². The summed E-state index contributed by atoms with van der Waals surface area (Å²) in [6.07, 6.45) is 4.78. The fraction of sp³-hybridized carbons (Fsp3) is 0.688. The van der Waals surface area contributed by atoms with Gasteiger partial charge in [-0.3, -0.25) is 9.59 Å². The zero-order valence-electron chi connectivity index (χ0n) is 13.8. The van der Waals surface area contributed by atoms with Gasteiger partial charge in [0.05, 0.1) is 17.7 Å². The van der Waals surface area contributed by atoms with Gasteiger partial charge in [-0.05, 0) is 32.6 Å². The number of rotatable bonds is 3. The van der Waals surface area contributed by atoms with E-state index in [4.69, 9.17) is 9.47 Å². The lowest BCUT2D eigenvalue weighted by Gasteiger charge is -2.43. The van der Waals surface area contributed by atoms with Crippen LogP contribution in [-0.2, 0) is 9.47 Å². The third-order valence-corrected chi connectivity index (χ3v) is 5.29. The predicted molar refractivity (Wildman–Crippen MR) is 83.4 cm³/mol. The van der Waals surface area contributed by atoms with Gasteiger partial charge in [0, 0.05) is 27.0 Å². The highest BCUT2D eigenvalue weighted by Gasteiger charge is 2.52. The average Bonchev–Trinajstić information content (AvgIpc) is 2.93. The number of likely N-dealkylation sites (tertiary alicyclic amines) is 1. The Labute approximate surface area is 135 Å². The lowest BCUT2D eigenvalue weighted by atomic mass is 9.79. The van der Waals surface area contributed by atoms with E-state index in [0.29, 0.717) is 12.4 Å². The lowest BCUT2D eigenvalue weighted by Crippen LogP contribution is -2.53. The van der Waals surface area contributed by atoms with Crippen molar-refractivity contribution in [2.75, 3.05) is 20.8 Å². The van der Waals surface area contributed by atoms with Gasteiger partial charge < -0.3 is 19.4 Å². The number of methoxy groups -OCH3 is 2. The number of amides is 1. The van der Waals surface area contributed by atoms with Gasteiger partial charge in [0.15, 0.2) is 0 Å². The number of aromatic nitrogens is 2. The number of aryl methyl sites for hydroxylation is 1. The standard InChI is InChI=1S/C16H23N3O4/c1-10-17-9-12(14(20)18-10)15(21)19-7-6-16(23-3)5-4-11(22-2)8-13(16)19/h9,11,13H,4-8H2,1-3H3,(H,17,18,20)/t11-,13+,16-/m1/s1. The monoisotopic (exact) mass is 321 g/mol. The molecule has 1 aromatic rings. The first-order chi connectivity index (χ1) is 11.0. The molecule has 2 heterocycles. The van der Waals surface area contributed by atoms with Gasteiger partial charge in [0.25, 0.3) is 11.5 Å². The smallest absolute Gasteiger partial charge is 0.263 e. The van der Waals surface area contributed by atoms with Gasteiger partial charge in [-0.1, -0.05) is 0 Å². The molecule has 1 amide bonds. The van der Waals surface area contributed by atoms with Crippen LogP contribution in [0.3, 0.4) is 0 Å². The molecular weight excluding hydrogens is 298 g/mol. The van der Waals surface area contributed by atoms with Crippen molar-refractivity contribution in [1.29, 1.82) is 0 Å². The van der Waals surface area contributed by atoms with E-state index in [9.17, 15) is 9.59 Å². The molecule has 2 aliphatic rings. The van der Waals surface area contributed by atoms with Crippen molar-refractivity contribution in [2.24, 2.45) is 0 Å². The fourth-order valence-electron chi connectivity index (χ4n) is 3.91. The topological polar surface area (TPSA) is 84.5 Å². The van der Waals surface area contributed by atoms with Crippen molar-refractivity contribution in [2.45, 2.75) is 50.4 Å². The summed E-state index contributed by atoms with van der Waals surface area (Å²) in [4.78, 5) is 33.3. The molecule has 126 valence electrons. The molecule has 3 atom stereocenters. The van der Waals surface area contributed by atoms with E-state index >= 15 is 0 Å². The molecule has 7 heteroatoms. The molecule has 0 spiro atoms.